The third kappa shape index (κ3) is 2.48. The summed E-state index contributed by atoms with van der Waals surface area (Å²) in [7, 11) is 1.37. The minimum absolute atomic E-state index is 0.272. The molecule has 1 aliphatic heterocycles. The second-order valence-corrected chi connectivity index (χ2v) is 6.83. The maximum atomic E-state index is 10.9. The fraction of sp³-hybridized carbons (Fsp3) is 0.167. The summed E-state index contributed by atoms with van der Waals surface area (Å²) >= 11 is 2.90. The van der Waals surface area contributed by atoms with Crippen molar-refractivity contribution in [1.29, 1.82) is 0 Å². The smallest absolute Gasteiger partial charge is 0.345 e. The van der Waals surface area contributed by atoms with Gasteiger partial charge >= 0.3 is 5.97 Å². The fourth-order valence-corrected chi connectivity index (χ4v) is 3.29. The molecule has 0 saturated heterocycles. The van der Waals surface area contributed by atoms with Gasteiger partial charge in [0, 0.05) is 12.4 Å². The standard InChI is InChI=1S/C6H5BrINO2/c1-11-6(10)4-2-9-3-5(7)8-4/h2-3H,1H3. The van der Waals surface area contributed by atoms with E-state index in [1.165, 1.54) is 7.11 Å². The summed E-state index contributed by atoms with van der Waals surface area (Å²) < 4.78 is 6.23. The molecule has 0 fully saturated rings. The number of rotatable bonds is 1. The highest BCUT2D eigenvalue weighted by molar-refractivity contribution is 14.2. The largest absolute Gasteiger partial charge is 0.465 e. The van der Waals surface area contributed by atoms with E-state index in [9.17, 15) is 4.79 Å². The monoisotopic (exact) mass is 329 g/mol. The zero-order valence-corrected chi connectivity index (χ0v) is 9.42. The van der Waals surface area contributed by atoms with E-state index < -0.39 is 20.7 Å². The quantitative estimate of drug-likeness (QED) is 0.541. The normalized spacial score (nSPS) is 16.2. The minimum Gasteiger partial charge on any atom is -0.465 e. The first-order valence-corrected chi connectivity index (χ1v) is 5.68. The Hall–Kier alpha value is -0.0400. The molecular weight excluding hydrogens is 325 g/mol. The molecule has 11 heavy (non-hydrogen) atoms. The van der Waals surface area contributed by atoms with Gasteiger partial charge in [-0.2, -0.15) is 0 Å². The molecule has 0 spiro atoms. The number of ether oxygens (including phenoxy) is 1. The molecule has 0 aromatic heterocycles. The predicted octanol–water partition coefficient (Wildman–Crippen LogP) is 1.58. The molecule has 0 unspecified atom stereocenters. The molecule has 0 bridgehead atoms. The van der Waals surface area contributed by atoms with Crippen LogP contribution in [0.1, 0.15) is 0 Å². The fourth-order valence-electron chi connectivity index (χ4n) is 0.494. The zero-order chi connectivity index (χ0) is 8.27. The summed E-state index contributed by atoms with van der Waals surface area (Å²) in [4.78, 5) is 14.8. The van der Waals surface area contributed by atoms with Gasteiger partial charge < -0.3 is 4.74 Å². The second kappa shape index (κ2) is 4.10. The van der Waals surface area contributed by atoms with Gasteiger partial charge in [0.2, 0.25) is 0 Å². The highest BCUT2D eigenvalue weighted by Crippen LogP contribution is 2.25. The van der Waals surface area contributed by atoms with Crippen molar-refractivity contribution in [3.05, 3.63) is 8.69 Å². The van der Waals surface area contributed by atoms with Gasteiger partial charge in [-0.25, -0.2) is 4.79 Å². The molecule has 0 radical (unpaired) electrons. The lowest BCUT2D eigenvalue weighted by atomic mass is 10.5. The number of hydrogen-bond acceptors (Lipinski definition) is 3. The molecule has 0 amide bonds. The van der Waals surface area contributed by atoms with Crippen LogP contribution in [0.25, 0.3) is 0 Å². The summed E-state index contributed by atoms with van der Waals surface area (Å²) in [6, 6.07) is 0. The Labute approximate surface area is 82.4 Å². The number of carbonyl (C=O) groups excluding carboxylic acids is 1. The number of esters is 1. The Morgan fingerprint density at radius 3 is 3.09 bits per heavy atom. The number of halogens is 2. The van der Waals surface area contributed by atoms with Crippen molar-refractivity contribution < 1.29 is 9.53 Å². The van der Waals surface area contributed by atoms with Crippen LogP contribution in [-0.4, -0.2) is 22.8 Å². The Morgan fingerprint density at radius 1 is 1.82 bits per heavy atom. The molecule has 60 valence electrons. The first-order valence-electron chi connectivity index (χ1n) is 2.73. The maximum absolute atomic E-state index is 10.9. The first-order chi connectivity index (χ1) is 5.24. The molecule has 0 saturated carbocycles. The lowest BCUT2D eigenvalue weighted by Gasteiger charge is -2.00. The van der Waals surface area contributed by atoms with Gasteiger partial charge in [0.1, 0.15) is 3.51 Å². The second-order valence-electron chi connectivity index (χ2n) is 1.63. The van der Waals surface area contributed by atoms with E-state index in [4.69, 9.17) is 0 Å². The Balaban J connectivity index is 2.84. The SMILES string of the molecule is COC(=O)C1=IC(Br)=CN=C1. The molecular formula is C6H5BrINO2. The average Bonchev–Trinajstić information content (AvgIpc) is 2.03. The first kappa shape index (κ1) is 9.05. The zero-order valence-electron chi connectivity index (χ0n) is 5.67. The van der Waals surface area contributed by atoms with Crippen LogP contribution in [-0.2, 0) is 9.53 Å². The molecule has 0 atom stereocenters. The van der Waals surface area contributed by atoms with Crippen molar-refractivity contribution >= 4 is 52.4 Å². The summed E-state index contributed by atoms with van der Waals surface area (Å²) in [5.74, 6) is -0.272. The van der Waals surface area contributed by atoms with E-state index in [2.05, 4.69) is 25.7 Å². The average molecular weight is 330 g/mol. The van der Waals surface area contributed by atoms with Crippen molar-refractivity contribution in [2.24, 2.45) is 4.99 Å². The molecule has 1 aliphatic rings. The molecule has 0 N–H and O–H groups in total. The lowest BCUT2D eigenvalue weighted by Crippen LogP contribution is -2.15. The predicted molar refractivity (Wildman–Crippen MR) is 56.5 cm³/mol. The van der Waals surface area contributed by atoms with E-state index in [0.717, 1.165) is 2.49 Å². The van der Waals surface area contributed by atoms with Gasteiger partial charge in [-0.15, -0.1) is 0 Å². The van der Waals surface area contributed by atoms with E-state index in [1.54, 1.807) is 12.4 Å². The third-order valence-electron chi connectivity index (χ3n) is 0.932. The van der Waals surface area contributed by atoms with E-state index in [-0.39, 0.29) is 5.97 Å². The third-order valence-corrected chi connectivity index (χ3v) is 4.24. The summed E-state index contributed by atoms with van der Waals surface area (Å²) in [5.41, 5.74) is 0. The van der Waals surface area contributed by atoms with Gasteiger partial charge in [-0.05, 0) is 15.9 Å². The van der Waals surface area contributed by atoms with Gasteiger partial charge in [0.15, 0.2) is 0 Å². The van der Waals surface area contributed by atoms with E-state index in [1.807, 2.05) is 0 Å². The molecule has 1 rings (SSSR count). The lowest BCUT2D eigenvalue weighted by molar-refractivity contribution is -0.132. The van der Waals surface area contributed by atoms with Gasteiger partial charge in [-0.3, -0.25) is 4.99 Å². The van der Waals surface area contributed by atoms with Crippen molar-refractivity contribution in [3.63, 3.8) is 0 Å². The van der Waals surface area contributed by atoms with Crippen LogP contribution >= 0.6 is 36.7 Å². The Bertz CT molecular complexity index is 270. The van der Waals surface area contributed by atoms with Crippen LogP contribution in [0.3, 0.4) is 0 Å². The Morgan fingerprint density at radius 2 is 2.55 bits per heavy atom. The van der Waals surface area contributed by atoms with Crippen LogP contribution in [0.2, 0.25) is 0 Å². The van der Waals surface area contributed by atoms with Crippen LogP contribution in [0.4, 0.5) is 0 Å². The highest BCUT2D eigenvalue weighted by Gasteiger charge is 2.09. The van der Waals surface area contributed by atoms with Crippen LogP contribution in [0, 0.1) is 0 Å². The van der Waals surface area contributed by atoms with E-state index >= 15 is 0 Å². The number of carbonyl (C=O) groups is 1. The maximum Gasteiger partial charge on any atom is 0.345 e. The number of aliphatic imine (C=N–C) groups is 1. The van der Waals surface area contributed by atoms with Crippen molar-refractivity contribution in [3.8, 4) is 0 Å². The van der Waals surface area contributed by atoms with Crippen LogP contribution in [0.15, 0.2) is 13.7 Å². The highest BCUT2D eigenvalue weighted by atomic mass is 127. The summed E-state index contributed by atoms with van der Waals surface area (Å²) in [6.07, 6.45) is 3.27. The number of hydrogen-bond donors (Lipinski definition) is 0. The minimum atomic E-state index is -0.390. The molecule has 3 nitrogen and oxygen atoms in total. The number of methoxy groups -OCH3 is 1. The molecule has 0 aromatic rings. The van der Waals surface area contributed by atoms with Crippen LogP contribution < -0.4 is 0 Å². The van der Waals surface area contributed by atoms with Crippen molar-refractivity contribution in [2.75, 3.05) is 7.11 Å². The summed E-state index contributed by atoms with van der Waals surface area (Å²) in [5, 5.41) is 0. The number of nitrogens with zero attached hydrogens (tertiary/aromatic N) is 1. The molecule has 0 aromatic carbocycles. The molecule has 0 aliphatic carbocycles. The Kier molecular flexibility index (Phi) is 3.38. The van der Waals surface area contributed by atoms with Gasteiger partial charge in [0.25, 0.3) is 0 Å². The molecule has 5 heteroatoms. The van der Waals surface area contributed by atoms with Crippen LogP contribution in [0.5, 0.6) is 0 Å². The van der Waals surface area contributed by atoms with Crippen molar-refractivity contribution in [1.82, 2.24) is 0 Å². The van der Waals surface area contributed by atoms with E-state index in [0.29, 0.717) is 3.51 Å². The molecule has 1 heterocycles. The van der Waals surface area contributed by atoms with Gasteiger partial charge in [-0.1, -0.05) is 20.7 Å². The summed E-state index contributed by atoms with van der Waals surface area (Å²) in [6.45, 7) is 0. The topological polar surface area (TPSA) is 38.7 Å². The van der Waals surface area contributed by atoms with Crippen molar-refractivity contribution in [2.45, 2.75) is 0 Å². The van der Waals surface area contributed by atoms with Gasteiger partial charge in [0.05, 0.1) is 9.60 Å².